The highest BCUT2D eigenvalue weighted by Crippen LogP contribution is 2.18. The Labute approximate surface area is 95.8 Å². The molecule has 0 unspecified atom stereocenters. The fourth-order valence-corrected chi connectivity index (χ4v) is 1.68. The van der Waals surface area contributed by atoms with E-state index in [0.717, 1.165) is 17.8 Å². The Kier molecular flexibility index (Phi) is 3.25. The van der Waals surface area contributed by atoms with Gasteiger partial charge in [-0.1, -0.05) is 12.6 Å². The van der Waals surface area contributed by atoms with Crippen LogP contribution in [0, 0.1) is 6.92 Å². The first-order chi connectivity index (χ1) is 7.66. The number of hydrogen-bond donors (Lipinski definition) is 1. The van der Waals surface area contributed by atoms with Gasteiger partial charge in [-0.25, -0.2) is 0 Å². The zero-order chi connectivity index (χ0) is 11.5. The minimum Gasteiger partial charge on any atom is -0.310 e. The van der Waals surface area contributed by atoms with Gasteiger partial charge in [0.05, 0.1) is 0 Å². The Morgan fingerprint density at radius 2 is 2.31 bits per heavy atom. The minimum atomic E-state index is 0.0487. The van der Waals surface area contributed by atoms with Crippen LogP contribution in [0.5, 0.6) is 0 Å². The molecule has 3 heteroatoms. The van der Waals surface area contributed by atoms with Crippen LogP contribution in [0.3, 0.4) is 0 Å². The summed E-state index contributed by atoms with van der Waals surface area (Å²) in [7, 11) is 0. The van der Waals surface area contributed by atoms with Gasteiger partial charge in [-0.15, -0.1) is 0 Å². The quantitative estimate of drug-likeness (QED) is 0.759. The van der Waals surface area contributed by atoms with Gasteiger partial charge in [0, 0.05) is 30.9 Å². The predicted octanol–water partition coefficient (Wildman–Crippen LogP) is 1.46. The second-order valence-corrected chi connectivity index (χ2v) is 4.50. The van der Waals surface area contributed by atoms with Crippen LogP contribution < -0.4 is 10.9 Å². The standard InChI is InChI=1S/C13H18N2O/c1-10(8-14-12-6-7-12)9-15-11(2)4-3-5-13(15)16/h3-5,12,14H,1,6-9H2,2H3. The maximum Gasteiger partial charge on any atom is 0.251 e. The van der Waals surface area contributed by atoms with E-state index < -0.39 is 0 Å². The maximum absolute atomic E-state index is 11.6. The molecule has 0 saturated heterocycles. The zero-order valence-electron chi connectivity index (χ0n) is 9.70. The van der Waals surface area contributed by atoms with Crippen LogP contribution in [0.2, 0.25) is 0 Å². The van der Waals surface area contributed by atoms with E-state index in [4.69, 9.17) is 0 Å². The van der Waals surface area contributed by atoms with Crippen molar-refractivity contribution < 1.29 is 0 Å². The third kappa shape index (κ3) is 2.83. The number of pyridine rings is 1. The molecule has 1 fully saturated rings. The molecule has 0 amide bonds. The normalized spacial score (nSPS) is 15.1. The molecule has 16 heavy (non-hydrogen) atoms. The van der Waals surface area contributed by atoms with Crippen LogP contribution in [-0.4, -0.2) is 17.2 Å². The van der Waals surface area contributed by atoms with Gasteiger partial charge in [0.15, 0.2) is 0 Å². The largest absolute Gasteiger partial charge is 0.310 e. The van der Waals surface area contributed by atoms with Gasteiger partial charge in [-0.3, -0.25) is 4.79 Å². The molecule has 0 atom stereocenters. The van der Waals surface area contributed by atoms with E-state index in [-0.39, 0.29) is 5.56 Å². The molecule has 86 valence electrons. The summed E-state index contributed by atoms with van der Waals surface area (Å²) in [4.78, 5) is 11.6. The fraction of sp³-hybridized carbons (Fsp3) is 0.462. The highest BCUT2D eigenvalue weighted by Gasteiger charge is 2.20. The van der Waals surface area contributed by atoms with Crippen molar-refractivity contribution in [1.82, 2.24) is 9.88 Å². The lowest BCUT2D eigenvalue weighted by Crippen LogP contribution is -2.26. The summed E-state index contributed by atoms with van der Waals surface area (Å²) in [5, 5.41) is 3.40. The van der Waals surface area contributed by atoms with Gasteiger partial charge in [0.25, 0.3) is 5.56 Å². The molecule has 0 radical (unpaired) electrons. The van der Waals surface area contributed by atoms with E-state index in [0.29, 0.717) is 12.6 Å². The summed E-state index contributed by atoms with van der Waals surface area (Å²) < 4.78 is 1.76. The van der Waals surface area contributed by atoms with Crippen molar-refractivity contribution in [3.05, 3.63) is 46.4 Å². The maximum atomic E-state index is 11.6. The van der Waals surface area contributed by atoms with E-state index in [9.17, 15) is 4.79 Å². The average Bonchev–Trinajstić information content (AvgIpc) is 3.04. The van der Waals surface area contributed by atoms with Crippen LogP contribution in [0.15, 0.2) is 35.1 Å². The number of aromatic nitrogens is 1. The molecule has 1 heterocycles. The Bertz CT molecular complexity index is 443. The third-order valence-electron chi connectivity index (χ3n) is 2.87. The SMILES string of the molecule is C=C(CNC1CC1)Cn1c(C)cccc1=O. The molecule has 0 spiro atoms. The molecule has 1 aromatic rings. The number of aryl methyl sites for hydroxylation is 1. The van der Waals surface area contributed by atoms with Crippen molar-refractivity contribution in [2.45, 2.75) is 32.4 Å². The lowest BCUT2D eigenvalue weighted by atomic mass is 10.2. The van der Waals surface area contributed by atoms with Crippen LogP contribution in [0.1, 0.15) is 18.5 Å². The summed E-state index contributed by atoms with van der Waals surface area (Å²) in [5.41, 5.74) is 2.09. The Balaban J connectivity index is 1.96. The van der Waals surface area contributed by atoms with E-state index in [1.54, 1.807) is 16.7 Å². The Hall–Kier alpha value is -1.35. The molecule has 1 N–H and O–H groups in total. The summed E-state index contributed by atoms with van der Waals surface area (Å²) in [6, 6.07) is 6.02. The van der Waals surface area contributed by atoms with Crippen LogP contribution >= 0.6 is 0 Å². The van der Waals surface area contributed by atoms with Crippen molar-refractivity contribution in [3.63, 3.8) is 0 Å². The minimum absolute atomic E-state index is 0.0487. The van der Waals surface area contributed by atoms with Gasteiger partial charge in [0.1, 0.15) is 0 Å². The average molecular weight is 218 g/mol. The second-order valence-electron chi connectivity index (χ2n) is 4.50. The first-order valence-corrected chi connectivity index (χ1v) is 5.73. The monoisotopic (exact) mass is 218 g/mol. The highest BCUT2D eigenvalue weighted by atomic mass is 16.1. The summed E-state index contributed by atoms with van der Waals surface area (Å²) >= 11 is 0. The third-order valence-corrected chi connectivity index (χ3v) is 2.87. The van der Waals surface area contributed by atoms with Crippen LogP contribution in [0.25, 0.3) is 0 Å². The molecule has 0 bridgehead atoms. The van der Waals surface area contributed by atoms with Crippen molar-refractivity contribution >= 4 is 0 Å². The first kappa shape index (κ1) is 11.1. The highest BCUT2D eigenvalue weighted by molar-refractivity contribution is 5.08. The van der Waals surface area contributed by atoms with Crippen molar-refractivity contribution in [2.24, 2.45) is 0 Å². The molecule has 0 aromatic carbocycles. The first-order valence-electron chi connectivity index (χ1n) is 5.73. The molecule has 1 aliphatic carbocycles. The lowest BCUT2D eigenvalue weighted by molar-refractivity contribution is 0.659. The van der Waals surface area contributed by atoms with Crippen molar-refractivity contribution in [1.29, 1.82) is 0 Å². The van der Waals surface area contributed by atoms with Crippen LogP contribution in [-0.2, 0) is 6.54 Å². The topological polar surface area (TPSA) is 34.0 Å². The van der Waals surface area contributed by atoms with E-state index in [1.807, 2.05) is 13.0 Å². The van der Waals surface area contributed by atoms with Crippen molar-refractivity contribution in [2.75, 3.05) is 6.54 Å². The molecule has 1 aromatic heterocycles. The molecular formula is C13H18N2O. The van der Waals surface area contributed by atoms with Crippen LogP contribution in [0.4, 0.5) is 0 Å². The second kappa shape index (κ2) is 4.66. The van der Waals surface area contributed by atoms with Gasteiger partial charge in [-0.05, 0) is 31.4 Å². The predicted molar refractivity (Wildman–Crippen MR) is 65.6 cm³/mol. The molecule has 2 rings (SSSR count). The van der Waals surface area contributed by atoms with Crippen molar-refractivity contribution in [3.8, 4) is 0 Å². The van der Waals surface area contributed by atoms with E-state index in [2.05, 4.69) is 11.9 Å². The Morgan fingerprint density at radius 3 is 2.94 bits per heavy atom. The van der Waals surface area contributed by atoms with Gasteiger partial charge < -0.3 is 9.88 Å². The van der Waals surface area contributed by atoms with Gasteiger partial charge >= 0.3 is 0 Å². The number of nitrogens with zero attached hydrogens (tertiary/aromatic N) is 1. The molecule has 1 saturated carbocycles. The van der Waals surface area contributed by atoms with Gasteiger partial charge in [0.2, 0.25) is 0 Å². The number of nitrogens with one attached hydrogen (secondary N) is 1. The van der Waals surface area contributed by atoms with Gasteiger partial charge in [-0.2, -0.15) is 0 Å². The lowest BCUT2D eigenvalue weighted by Gasteiger charge is -2.11. The Morgan fingerprint density at radius 1 is 1.56 bits per heavy atom. The summed E-state index contributed by atoms with van der Waals surface area (Å²) in [6.07, 6.45) is 2.55. The van der Waals surface area contributed by atoms with E-state index in [1.165, 1.54) is 12.8 Å². The molecular weight excluding hydrogens is 200 g/mol. The number of rotatable bonds is 5. The molecule has 3 nitrogen and oxygen atoms in total. The number of hydrogen-bond acceptors (Lipinski definition) is 2. The fourth-order valence-electron chi connectivity index (χ4n) is 1.68. The molecule has 0 aliphatic heterocycles. The smallest absolute Gasteiger partial charge is 0.251 e. The zero-order valence-corrected chi connectivity index (χ0v) is 9.70. The van der Waals surface area contributed by atoms with E-state index >= 15 is 0 Å². The molecule has 1 aliphatic rings. The summed E-state index contributed by atoms with van der Waals surface area (Å²) in [5.74, 6) is 0. The summed E-state index contributed by atoms with van der Waals surface area (Å²) in [6.45, 7) is 7.38.